The van der Waals surface area contributed by atoms with Gasteiger partial charge < -0.3 is 10.2 Å². The molecule has 0 fully saturated rings. The first-order valence-electron chi connectivity index (χ1n) is 6.60. The van der Waals surface area contributed by atoms with E-state index in [4.69, 9.17) is 5.26 Å². The van der Waals surface area contributed by atoms with Gasteiger partial charge in [-0.05, 0) is 26.0 Å². The standard InChI is InChI=1S/C14H18N4O3/c1-4-17(9-10(2)8-15)14(19)11-6-5-7-12(16-3)13(11)18(20)21/h5-7,10,16H,4,9H2,1-3H3. The molecule has 0 radical (unpaired) electrons. The fourth-order valence-corrected chi connectivity index (χ4v) is 2.01. The van der Waals surface area contributed by atoms with Crippen LogP contribution in [0.25, 0.3) is 0 Å². The zero-order chi connectivity index (χ0) is 16.0. The van der Waals surface area contributed by atoms with Crippen molar-refractivity contribution in [3.05, 3.63) is 33.9 Å². The van der Waals surface area contributed by atoms with Gasteiger partial charge in [0.2, 0.25) is 0 Å². The third-order valence-corrected chi connectivity index (χ3v) is 3.10. The van der Waals surface area contributed by atoms with Gasteiger partial charge in [0.1, 0.15) is 11.3 Å². The molecule has 0 bridgehead atoms. The molecule has 0 aromatic heterocycles. The van der Waals surface area contributed by atoms with Gasteiger partial charge in [0.15, 0.2) is 0 Å². The van der Waals surface area contributed by atoms with Gasteiger partial charge in [-0.1, -0.05) is 6.07 Å². The van der Waals surface area contributed by atoms with Gasteiger partial charge in [-0.2, -0.15) is 5.26 Å². The van der Waals surface area contributed by atoms with Crippen LogP contribution in [0.4, 0.5) is 11.4 Å². The van der Waals surface area contributed by atoms with Crippen LogP contribution in [0.3, 0.4) is 0 Å². The molecule has 1 aromatic carbocycles. The Hall–Kier alpha value is -2.62. The van der Waals surface area contributed by atoms with Gasteiger partial charge in [-0.3, -0.25) is 14.9 Å². The number of rotatable bonds is 6. The number of carbonyl (C=O) groups is 1. The molecule has 0 aliphatic carbocycles. The number of nitro groups is 1. The number of hydrogen-bond donors (Lipinski definition) is 1. The molecule has 0 saturated carbocycles. The van der Waals surface area contributed by atoms with Gasteiger partial charge >= 0.3 is 5.69 Å². The molecule has 0 aliphatic rings. The zero-order valence-electron chi connectivity index (χ0n) is 12.3. The number of nitrogens with one attached hydrogen (secondary N) is 1. The number of nitro benzene ring substituents is 1. The van der Waals surface area contributed by atoms with E-state index in [9.17, 15) is 14.9 Å². The van der Waals surface area contributed by atoms with Crippen LogP contribution < -0.4 is 5.32 Å². The highest BCUT2D eigenvalue weighted by Gasteiger charge is 2.27. The molecule has 7 nitrogen and oxygen atoms in total. The summed E-state index contributed by atoms with van der Waals surface area (Å²) < 4.78 is 0. The molecule has 1 atom stereocenters. The van der Waals surface area contributed by atoms with Crippen molar-refractivity contribution in [1.29, 1.82) is 5.26 Å². The van der Waals surface area contributed by atoms with E-state index in [1.54, 1.807) is 33.0 Å². The summed E-state index contributed by atoms with van der Waals surface area (Å²) in [6.45, 7) is 4.10. The van der Waals surface area contributed by atoms with Crippen LogP contribution in [0.5, 0.6) is 0 Å². The van der Waals surface area contributed by atoms with Gasteiger partial charge in [0.25, 0.3) is 5.91 Å². The summed E-state index contributed by atoms with van der Waals surface area (Å²) in [6, 6.07) is 6.62. The topological polar surface area (TPSA) is 99.3 Å². The van der Waals surface area contributed by atoms with E-state index in [1.807, 2.05) is 0 Å². The number of nitriles is 1. The van der Waals surface area contributed by atoms with Crippen molar-refractivity contribution in [1.82, 2.24) is 4.90 Å². The van der Waals surface area contributed by atoms with Gasteiger partial charge in [-0.15, -0.1) is 0 Å². The highest BCUT2D eigenvalue weighted by Crippen LogP contribution is 2.29. The number of benzene rings is 1. The van der Waals surface area contributed by atoms with Crippen LogP contribution >= 0.6 is 0 Å². The average Bonchev–Trinajstić information content (AvgIpc) is 2.50. The predicted molar refractivity (Wildman–Crippen MR) is 79.0 cm³/mol. The number of nitrogens with zero attached hydrogens (tertiary/aromatic N) is 3. The minimum Gasteiger partial charge on any atom is -0.383 e. The lowest BCUT2D eigenvalue weighted by Crippen LogP contribution is -2.34. The van der Waals surface area contributed by atoms with Crippen LogP contribution in [0, 0.1) is 27.4 Å². The monoisotopic (exact) mass is 290 g/mol. The Labute approximate surface area is 123 Å². The summed E-state index contributed by atoms with van der Waals surface area (Å²) in [5, 5.41) is 22.8. The second-order valence-electron chi connectivity index (χ2n) is 4.58. The SMILES string of the molecule is CCN(CC(C)C#N)C(=O)c1cccc(NC)c1[N+](=O)[O-]. The highest BCUT2D eigenvalue weighted by atomic mass is 16.6. The largest absolute Gasteiger partial charge is 0.383 e. The van der Waals surface area contributed by atoms with Crippen LogP contribution in [0.15, 0.2) is 18.2 Å². The fourth-order valence-electron chi connectivity index (χ4n) is 2.01. The number of hydrogen-bond acceptors (Lipinski definition) is 5. The van der Waals surface area contributed by atoms with E-state index < -0.39 is 10.8 Å². The second kappa shape index (κ2) is 7.24. The van der Waals surface area contributed by atoms with E-state index >= 15 is 0 Å². The maximum Gasteiger partial charge on any atom is 0.305 e. The fraction of sp³-hybridized carbons (Fsp3) is 0.429. The molecular formula is C14H18N4O3. The molecule has 21 heavy (non-hydrogen) atoms. The number of carbonyl (C=O) groups excluding carboxylic acids is 1. The Bertz CT molecular complexity index is 580. The molecule has 1 rings (SSSR count). The first-order chi connectivity index (χ1) is 9.96. The lowest BCUT2D eigenvalue weighted by Gasteiger charge is -2.22. The van der Waals surface area contributed by atoms with Gasteiger partial charge in [0, 0.05) is 20.1 Å². The van der Waals surface area contributed by atoms with Crippen LogP contribution in [0.1, 0.15) is 24.2 Å². The third-order valence-electron chi connectivity index (χ3n) is 3.10. The number of anilines is 1. The summed E-state index contributed by atoms with van der Waals surface area (Å²) in [5.74, 6) is -0.774. The first kappa shape index (κ1) is 16.4. The second-order valence-corrected chi connectivity index (χ2v) is 4.58. The summed E-state index contributed by atoms with van der Waals surface area (Å²) in [6.07, 6.45) is 0. The molecule has 1 N–H and O–H groups in total. The molecule has 1 aromatic rings. The van der Waals surface area contributed by atoms with Crippen LogP contribution in [-0.2, 0) is 0 Å². The minimum absolute atomic E-state index is 0.0267. The van der Waals surface area contributed by atoms with Gasteiger partial charge in [-0.25, -0.2) is 0 Å². The lowest BCUT2D eigenvalue weighted by molar-refractivity contribution is -0.384. The highest BCUT2D eigenvalue weighted by molar-refractivity contribution is 6.00. The summed E-state index contributed by atoms with van der Waals surface area (Å²) in [5.41, 5.74) is 0.0714. The first-order valence-corrected chi connectivity index (χ1v) is 6.60. The molecule has 0 spiro atoms. The van der Waals surface area contributed by atoms with E-state index in [0.717, 1.165) is 0 Å². The van der Waals surface area contributed by atoms with Crippen LogP contribution in [0.2, 0.25) is 0 Å². The van der Waals surface area contributed by atoms with Crippen molar-refractivity contribution in [2.45, 2.75) is 13.8 Å². The van der Waals surface area contributed by atoms with Crippen molar-refractivity contribution in [2.75, 3.05) is 25.5 Å². The van der Waals surface area contributed by atoms with Crippen molar-refractivity contribution >= 4 is 17.3 Å². The summed E-state index contributed by atoms with van der Waals surface area (Å²) in [7, 11) is 1.56. The van der Waals surface area contributed by atoms with Crippen molar-refractivity contribution in [3.8, 4) is 6.07 Å². The summed E-state index contributed by atoms with van der Waals surface area (Å²) >= 11 is 0. The van der Waals surface area contributed by atoms with E-state index in [0.29, 0.717) is 6.54 Å². The van der Waals surface area contributed by atoms with Crippen LogP contribution in [-0.4, -0.2) is 35.9 Å². The minimum atomic E-state index is -0.569. The molecule has 7 heteroatoms. The van der Waals surface area contributed by atoms with Gasteiger partial charge in [0.05, 0.1) is 16.9 Å². The zero-order valence-corrected chi connectivity index (χ0v) is 12.3. The Morgan fingerprint density at radius 3 is 2.71 bits per heavy atom. The van der Waals surface area contributed by atoms with E-state index in [2.05, 4.69) is 11.4 Å². The Morgan fingerprint density at radius 2 is 2.24 bits per heavy atom. The molecule has 1 unspecified atom stereocenters. The quantitative estimate of drug-likeness (QED) is 0.640. The average molecular weight is 290 g/mol. The molecule has 0 aliphatic heterocycles. The molecular weight excluding hydrogens is 272 g/mol. The molecule has 0 heterocycles. The molecule has 1 amide bonds. The van der Waals surface area contributed by atoms with Crippen molar-refractivity contribution in [2.24, 2.45) is 5.92 Å². The Kier molecular flexibility index (Phi) is 5.67. The third kappa shape index (κ3) is 3.69. The van der Waals surface area contributed by atoms with Crippen molar-refractivity contribution < 1.29 is 9.72 Å². The maximum absolute atomic E-state index is 12.5. The van der Waals surface area contributed by atoms with E-state index in [-0.39, 0.29) is 29.4 Å². The number of amides is 1. The Morgan fingerprint density at radius 1 is 1.57 bits per heavy atom. The van der Waals surface area contributed by atoms with E-state index in [1.165, 1.54) is 11.0 Å². The molecule has 0 saturated heterocycles. The lowest BCUT2D eigenvalue weighted by atomic mass is 10.1. The normalized spacial score (nSPS) is 11.3. The molecule has 112 valence electrons. The smallest absolute Gasteiger partial charge is 0.305 e. The predicted octanol–water partition coefficient (Wildman–Crippen LogP) is 2.26. The van der Waals surface area contributed by atoms with Crippen molar-refractivity contribution in [3.63, 3.8) is 0 Å². The maximum atomic E-state index is 12.5. The summed E-state index contributed by atoms with van der Waals surface area (Å²) in [4.78, 5) is 24.6. The number of para-hydroxylation sites is 1. The Balaban J connectivity index is 3.23.